The van der Waals surface area contributed by atoms with E-state index in [9.17, 15) is 29.2 Å². The van der Waals surface area contributed by atoms with Gasteiger partial charge in [0.1, 0.15) is 24.9 Å². The Kier molecular flexibility index (Phi) is 7.65. The van der Waals surface area contributed by atoms with Crippen LogP contribution in [0.3, 0.4) is 0 Å². The Labute approximate surface area is 172 Å². The zero-order chi connectivity index (χ0) is 22.6. The molecule has 13 heteroatoms. The number of aromatic amines is 1. The zero-order valence-corrected chi connectivity index (χ0v) is 17.4. The van der Waals surface area contributed by atoms with Gasteiger partial charge in [-0.1, -0.05) is 11.0 Å². The molecular weight excluding hydrogens is 421 g/mol. The Morgan fingerprint density at radius 2 is 2.13 bits per heavy atom. The number of hydrogen-bond donors (Lipinski definition) is 4. The lowest BCUT2D eigenvalue weighted by Gasteiger charge is -2.23. The first kappa shape index (κ1) is 23.9. The molecule has 0 amide bonds. The fourth-order valence-electron chi connectivity index (χ4n) is 2.65. The first-order chi connectivity index (χ1) is 14.0. The number of rotatable bonds is 8. The summed E-state index contributed by atoms with van der Waals surface area (Å²) in [4.78, 5) is 36.9. The van der Waals surface area contributed by atoms with Gasteiger partial charge in [-0.2, -0.15) is 0 Å². The van der Waals surface area contributed by atoms with Crippen molar-refractivity contribution in [2.75, 3.05) is 6.61 Å². The van der Waals surface area contributed by atoms with Gasteiger partial charge in [0.2, 0.25) is 0 Å². The molecule has 12 nitrogen and oxygen atoms in total. The van der Waals surface area contributed by atoms with E-state index in [0.29, 0.717) is 0 Å². The molecule has 1 aliphatic rings. The molecule has 2 rings (SSSR count). The van der Waals surface area contributed by atoms with E-state index in [1.165, 1.54) is 6.92 Å². The number of nitrogens with one attached hydrogen (secondary N) is 2. The summed E-state index contributed by atoms with van der Waals surface area (Å²) in [6, 6.07) is 0.0691. The van der Waals surface area contributed by atoms with E-state index in [1.807, 2.05) is 4.98 Å². The molecule has 1 aromatic heterocycles. The van der Waals surface area contributed by atoms with Crippen LogP contribution in [-0.2, 0) is 23.4 Å². The van der Waals surface area contributed by atoms with Gasteiger partial charge in [0, 0.05) is 12.3 Å². The number of H-pyrrole nitrogens is 1. The Morgan fingerprint density at radius 1 is 1.47 bits per heavy atom. The van der Waals surface area contributed by atoms with Crippen molar-refractivity contribution in [3.8, 4) is 12.3 Å². The number of hydrogen-bond acceptors (Lipinski definition) is 9. The molecule has 30 heavy (non-hydrogen) atoms. The average Bonchev–Trinajstić information content (AvgIpc) is 2.91. The molecule has 0 spiro atoms. The zero-order valence-electron chi connectivity index (χ0n) is 16.5. The molecule has 6 atom stereocenters. The lowest BCUT2D eigenvalue weighted by Crippen LogP contribution is -2.45. The molecule has 1 saturated heterocycles. The fraction of sp³-hybridized carbons (Fsp3) is 0.588. The minimum atomic E-state index is -2.63. The lowest BCUT2D eigenvalue weighted by atomic mass is 9.97. The van der Waals surface area contributed by atoms with Gasteiger partial charge in [-0.05, 0) is 25.3 Å². The maximum absolute atomic E-state index is 12.1. The summed E-state index contributed by atoms with van der Waals surface area (Å²) < 4.78 is 28.6. The van der Waals surface area contributed by atoms with Crippen LogP contribution in [0, 0.1) is 12.3 Å². The Balaban J connectivity index is 2.09. The van der Waals surface area contributed by atoms with Crippen LogP contribution < -0.4 is 16.3 Å². The van der Waals surface area contributed by atoms with Crippen molar-refractivity contribution < 1.29 is 33.6 Å². The SMILES string of the molecule is C#C[C@]1(CO[P+](=O)N[C@@H](C)C(=O)OC(C)C)OC(n2ccc(=O)[nH]c2=O)C(O)C1O. The Hall–Kier alpha value is -2.39. The molecule has 0 bridgehead atoms. The van der Waals surface area contributed by atoms with Crippen molar-refractivity contribution in [2.24, 2.45) is 0 Å². The molecule has 1 fully saturated rings. The van der Waals surface area contributed by atoms with Crippen LogP contribution in [-0.4, -0.2) is 62.3 Å². The third kappa shape index (κ3) is 5.20. The molecule has 2 heterocycles. The number of nitrogens with zero attached hydrogens (tertiary/aromatic N) is 1. The van der Waals surface area contributed by atoms with Crippen molar-refractivity contribution in [3.05, 3.63) is 33.1 Å². The highest BCUT2D eigenvalue weighted by Gasteiger charge is 2.56. The normalized spacial score (nSPS) is 27.5. The van der Waals surface area contributed by atoms with Crippen LogP contribution in [0.2, 0.25) is 0 Å². The number of aromatic nitrogens is 2. The van der Waals surface area contributed by atoms with Crippen LogP contribution >= 0.6 is 8.18 Å². The maximum Gasteiger partial charge on any atom is 0.613 e. The first-order valence-corrected chi connectivity index (χ1v) is 10.1. The predicted molar refractivity (Wildman–Crippen MR) is 102 cm³/mol. The number of ether oxygens (including phenoxy) is 2. The fourth-order valence-corrected chi connectivity index (χ4v) is 3.46. The van der Waals surface area contributed by atoms with E-state index >= 15 is 0 Å². The van der Waals surface area contributed by atoms with Crippen molar-refractivity contribution in [3.63, 3.8) is 0 Å². The summed E-state index contributed by atoms with van der Waals surface area (Å²) in [7, 11) is -2.63. The number of aliphatic hydroxyl groups is 2. The molecule has 164 valence electrons. The van der Waals surface area contributed by atoms with E-state index in [2.05, 4.69) is 11.0 Å². The van der Waals surface area contributed by atoms with Crippen LogP contribution in [0.25, 0.3) is 0 Å². The summed E-state index contributed by atoms with van der Waals surface area (Å²) in [5.74, 6) is 1.51. The number of terminal acetylenes is 1. The van der Waals surface area contributed by atoms with Crippen LogP contribution in [0.4, 0.5) is 0 Å². The molecule has 0 saturated carbocycles. The first-order valence-electron chi connectivity index (χ1n) is 8.90. The van der Waals surface area contributed by atoms with Gasteiger partial charge in [-0.15, -0.1) is 10.9 Å². The highest BCUT2D eigenvalue weighted by Crippen LogP contribution is 2.38. The third-order valence-corrected chi connectivity index (χ3v) is 5.16. The third-order valence-electron chi connectivity index (χ3n) is 4.19. The van der Waals surface area contributed by atoms with Gasteiger partial charge in [0.15, 0.2) is 11.8 Å². The number of carbonyl (C=O) groups is 1. The second kappa shape index (κ2) is 9.61. The number of carbonyl (C=O) groups excluding carboxylic acids is 1. The molecule has 1 aromatic rings. The van der Waals surface area contributed by atoms with Gasteiger partial charge in [-0.25, -0.2) is 4.79 Å². The van der Waals surface area contributed by atoms with E-state index < -0.39 is 62.1 Å². The quantitative estimate of drug-likeness (QED) is 0.216. The predicted octanol–water partition coefficient (Wildman–Crippen LogP) is -1.24. The summed E-state index contributed by atoms with van der Waals surface area (Å²) in [6.45, 7) is 4.10. The smallest absolute Gasteiger partial charge is 0.462 e. The summed E-state index contributed by atoms with van der Waals surface area (Å²) in [5, 5.41) is 23.1. The van der Waals surface area contributed by atoms with Crippen molar-refractivity contribution in [1.29, 1.82) is 0 Å². The van der Waals surface area contributed by atoms with E-state index in [-0.39, 0.29) is 6.10 Å². The minimum Gasteiger partial charge on any atom is -0.462 e. The van der Waals surface area contributed by atoms with Crippen molar-refractivity contribution in [2.45, 2.75) is 57.0 Å². The minimum absolute atomic E-state index is 0.359. The summed E-state index contributed by atoms with van der Waals surface area (Å²) >= 11 is 0. The molecule has 0 aromatic carbocycles. The van der Waals surface area contributed by atoms with Gasteiger partial charge < -0.3 is 19.7 Å². The van der Waals surface area contributed by atoms with Gasteiger partial charge in [0.05, 0.1) is 6.10 Å². The Bertz CT molecular complexity index is 953. The maximum atomic E-state index is 12.1. The van der Waals surface area contributed by atoms with Crippen molar-refractivity contribution in [1.82, 2.24) is 14.6 Å². The van der Waals surface area contributed by atoms with Crippen molar-refractivity contribution >= 4 is 14.1 Å². The number of esters is 1. The molecule has 4 unspecified atom stereocenters. The van der Waals surface area contributed by atoms with Gasteiger partial charge in [-0.3, -0.25) is 19.1 Å². The summed E-state index contributed by atoms with van der Waals surface area (Å²) in [5.41, 5.74) is -3.50. The molecule has 0 radical (unpaired) electrons. The highest BCUT2D eigenvalue weighted by atomic mass is 31.1. The lowest BCUT2D eigenvalue weighted by molar-refractivity contribution is -0.149. The van der Waals surface area contributed by atoms with E-state index in [0.717, 1.165) is 16.8 Å². The Morgan fingerprint density at radius 3 is 2.70 bits per heavy atom. The van der Waals surface area contributed by atoms with E-state index in [4.69, 9.17) is 20.4 Å². The monoisotopic (exact) mass is 444 g/mol. The van der Waals surface area contributed by atoms with E-state index in [1.54, 1.807) is 13.8 Å². The second-order valence-corrected chi connectivity index (χ2v) is 7.89. The average molecular weight is 444 g/mol. The van der Waals surface area contributed by atoms with Crippen LogP contribution in [0.15, 0.2) is 21.9 Å². The topological polar surface area (TPSA) is 169 Å². The molecular formula is C17H23N3O9P+. The van der Waals surface area contributed by atoms with Crippen LogP contribution in [0.1, 0.15) is 27.0 Å². The van der Waals surface area contributed by atoms with Crippen LogP contribution in [0.5, 0.6) is 0 Å². The van der Waals surface area contributed by atoms with Gasteiger partial charge >= 0.3 is 19.8 Å². The largest absolute Gasteiger partial charge is 0.613 e. The molecule has 0 aliphatic carbocycles. The highest BCUT2D eigenvalue weighted by molar-refractivity contribution is 7.36. The summed E-state index contributed by atoms with van der Waals surface area (Å²) in [6.07, 6.45) is 1.36. The second-order valence-electron chi connectivity index (χ2n) is 6.86. The van der Waals surface area contributed by atoms with Gasteiger partial charge in [0.25, 0.3) is 5.56 Å². The molecule has 1 aliphatic heterocycles. The molecule has 4 N–H and O–H groups in total. The number of aliphatic hydroxyl groups excluding tert-OH is 2. The standard InChI is InChI=1S/C17H22N3O9P/c1-5-17(8-27-30(26)19-10(4)15(24)28-9(2)3)13(23)12(22)14(29-17)20-7-6-11(21)18-16(20)25/h1,6-7,9-10,12-14,22-23H,8H2,2-4H3,(H-,18,19,21,25,26)/p+1/t10-,12?,13?,14?,17+/m0/s1.